The minimum absolute atomic E-state index is 0. The number of benzene rings is 1. The van der Waals surface area contributed by atoms with Gasteiger partial charge in [0.05, 0.1) is 0 Å². The molecule has 0 fully saturated rings. The highest BCUT2D eigenvalue weighted by molar-refractivity contribution is 5.23. The van der Waals surface area contributed by atoms with Crippen molar-refractivity contribution >= 4 is 0 Å². The zero-order valence-corrected chi connectivity index (χ0v) is 7.81. The summed E-state index contributed by atoms with van der Waals surface area (Å²) in [6, 6.07) is 9.95. The van der Waals surface area contributed by atoms with Crippen LogP contribution in [0.15, 0.2) is 42.2 Å². The van der Waals surface area contributed by atoms with Gasteiger partial charge in [0.2, 0.25) is 0 Å². The Hall–Kier alpha value is -1.38. The van der Waals surface area contributed by atoms with Crippen molar-refractivity contribution in [2.45, 2.75) is 19.3 Å². The molecule has 0 amide bonds. The third-order valence-corrected chi connectivity index (χ3v) is 1.99. The van der Waals surface area contributed by atoms with Crippen LogP contribution in [0.3, 0.4) is 0 Å². The van der Waals surface area contributed by atoms with Crippen molar-refractivity contribution in [1.29, 1.82) is 0 Å². The van der Waals surface area contributed by atoms with Gasteiger partial charge in [0, 0.05) is 6.42 Å². The van der Waals surface area contributed by atoms with Crippen molar-refractivity contribution in [1.82, 2.24) is 0 Å². The van der Waals surface area contributed by atoms with E-state index in [9.17, 15) is 0 Å². The molecular weight excluding hydrogens is 186 g/mol. The summed E-state index contributed by atoms with van der Waals surface area (Å²) in [7, 11) is 0. The van der Waals surface area contributed by atoms with Crippen LogP contribution in [0.2, 0.25) is 0 Å². The minimum atomic E-state index is 0. The summed E-state index contributed by atoms with van der Waals surface area (Å²) in [6.07, 6.45) is 5.67. The van der Waals surface area contributed by atoms with E-state index in [0.29, 0.717) is 0 Å². The maximum Gasteiger partial charge on any atom is 0.126 e. The van der Waals surface area contributed by atoms with E-state index in [1.165, 1.54) is 12.8 Å². The standard InChI is InChI=1S/C11H12O.2FH/c1-2-6-10(7-3-1)12-11-8-4-5-9-11;;/h1-3,6-8H,4-5,9H2;2*1H. The molecule has 0 radical (unpaired) electrons. The van der Waals surface area contributed by atoms with Gasteiger partial charge in [0.15, 0.2) is 0 Å². The Kier molecular flexibility index (Phi) is 5.53. The average molecular weight is 200 g/mol. The monoisotopic (exact) mass is 200 g/mol. The summed E-state index contributed by atoms with van der Waals surface area (Å²) >= 11 is 0. The Morgan fingerprint density at radius 1 is 1.00 bits per heavy atom. The first kappa shape index (κ1) is 12.6. The predicted octanol–water partition coefficient (Wildman–Crippen LogP) is 3.44. The molecule has 0 heterocycles. The van der Waals surface area contributed by atoms with Crippen LogP contribution in [0.1, 0.15) is 19.3 Å². The average Bonchev–Trinajstić information content (AvgIpc) is 2.59. The molecule has 1 aliphatic carbocycles. The number of hydrogen-bond donors (Lipinski definition) is 0. The van der Waals surface area contributed by atoms with E-state index < -0.39 is 0 Å². The van der Waals surface area contributed by atoms with Gasteiger partial charge in [-0.1, -0.05) is 18.2 Å². The summed E-state index contributed by atoms with van der Waals surface area (Å²) < 4.78 is 5.64. The highest BCUT2D eigenvalue weighted by Crippen LogP contribution is 2.21. The summed E-state index contributed by atoms with van der Waals surface area (Å²) in [5.74, 6) is 2.08. The molecule has 0 aromatic heterocycles. The lowest BCUT2D eigenvalue weighted by atomic mass is 10.3. The van der Waals surface area contributed by atoms with Crippen LogP contribution in [0, 0.1) is 0 Å². The van der Waals surface area contributed by atoms with Crippen LogP contribution < -0.4 is 4.74 Å². The Balaban J connectivity index is 0.000000845. The fourth-order valence-electron chi connectivity index (χ4n) is 1.37. The van der Waals surface area contributed by atoms with E-state index in [-0.39, 0.29) is 9.41 Å². The molecule has 0 saturated heterocycles. The number of para-hydroxylation sites is 1. The van der Waals surface area contributed by atoms with E-state index in [0.717, 1.165) is 17.9 Å². The van der Waals surface area contributed by atoms with Crippen LogP contribution in [0.4, 0.5) is 9.41 Å². The van der Waals surface area contributed by atoms with Gasteiger partial charge in [-0.25, -0.2) is 0 Å². The van der Waals surface area contributed by atoms with Crippen LogP contribution in [-0.4, -0.2) is 0 Å². The predicted molar refractivity (Wildman–Crippen MR) is 54.0 cm³/mol. The molecule has 0 spiro atoms. The number of halogens is 2. The van der Waals surface area contributed by atoms with Gasteiger partial charge in [-0.15, -0.1) is 0 Å². The van der Waals surface area contributed by atoms with Crippen molar-refractivity contribution < 1.29 is 14.1 Å². The van der Waals surface area contributed by atoms with Gasteiger partial charge in [-0.05, 0) is 31.1 Å². The van der Waals surface area contributed by atoms with Gasteiger partial charge >= 0.3 is 0 Å². The van der Waals surface area contributed by atoms with Crippen molar-refractivity contribution in [3.63, 3.8) is 0 Å². The van der Waals surface area contributed by atoms with Gasteiger partial charge in [-0.3, -0.25) is 9.41 Å². The van der Waals surface area contributed by atoms with Crippen LogP contribution >= 0.6 is 0 Å². The molecule has 1 aromatic rings. The smallest absolute Gasteiger partial charge is 0.126 e. The summed E-state index contributed by atoms with van der Waals surface area (Å²) in [4.78, 5) is 0. The largest absolute Gasteiger partial charge is 0.462 e. The first-order valence-corrected chi connectivity index (χ1v) is 4.37. The second-order valence-corrected chi connectivity index (χ2v) is 2.98. The molecular formula is C11H14F2O. The summed E-state index contributed by atoms with van der Waals surface area (Å²) in [5.41, 5.74) is 0. The van der Waals surface area contributed by atoms with Crippen LogP contribution in [0.5, 0.6) is 5.75 Å². The second kappa shape index (κ2) is 6.13. The third-order valence-electron chi connectivity index (χ3n) is 1.99. The van der Waals surface area contributed by atoms with Gasteiger partial charge in [0.25, 0.3) is 0 Å². The van der Waals surface area contributed by atoms with E-state index >= 15 is 0 Å². The molecule has 0 aliphatic heterocycles. The fourth-order valence-corrected chi connectivity index (χ4v) is 1.37. The second-order valence-electron chi connectivity index (χ2n) is 2.98. The van der Waals surface area contributed by atoms with Crippen LogP contribution in [0.25, 0.3) is 0 Å². The summed E-state index contributed by atoms with van der Waals surface area (Å²) in [6.45, 7) is 0. The Morgan fingerprint density at radius 2 is 1.71 bits per heavy atom. The zero-order chi connectivity index (χ0) is 8.23. The Bertz CT molecular complexity index is 283. The molecule has 0 atom stereocenters. The van der Waals surface area contributed by atoms with Crippen molar-refractivity contribution in [2.24, 2.45) is 0 Å². The molecule has 3 heteroatoms. The highest BCUT2D eigenvalue weighted by Gasteiger charge is 2.05. The highest BCUT2D eigenvalue weighted by atomic mass is 19.0. The Labute approximate surface area is 82.1 Å². The lowest BCUT2D eigenvalue weighted by Gasteiger charge is -2.04. The number of rotatable bonds is 2. The molecule has 0 N–H and O–H groups in total. The maximum atomic E-state index is 5.64. The van der Waals surface area contributed by atoms with Crippen LogP contribution in [-0.2, 0) is 0 Å². The number of ether oxygens (including phenoxy) is 1. The van der Waals surface area contributed by atoms with Crippen molar-refractivity contribution in [2.75, 3.05) is 0 Å². The minimum Gasteiger partial charge on any atom is -0.462 e. The zero-order valence-electron chi connectivity index (χ0n) is 7.81. The molecule has 1 aliphatic rings. The Morgan fingerprint density at radius 3 is 2.29 bits per heavy atom. The number of allylic oxidation sites excluding steroid dienone is 2. The molecule has 0 saturated carbocycles. The third kappa shape index (κ3) is 3.17. The lowest BCUT2D eigenvalue weighted by Crippen LogP contribution is -1.90. The molecule has 1 aromatic carbocycles. The normalized spacial score (nSPS) is 13.6. The molecule has 78 valence electrons. The van der Waals surface area contributed by atoms with Gasteiger partial charge in [-0.2, -0.15) is 0 Å². The number of hydrogen-bond acceptors (Lipinski definition) is 1. The molecule has 0 bridgehead atoms. The van der Waals surface area contributed by atoms with E-state index in [1.54, 1.807) is 0 Å². The summed E-state index contributed by atoms with van der Waals surface area (Å²) in [5, 5.41) is 0. The lowest BCUT2D eigenvalue weighted by molar-refractivity contribution is 0.411. The van der Waals surface area contributed by atoms with Crippen molar-refractivity contribution in [3.8, 4) is 5.75 Å². The molecule has 1 nitrogen and oxygen atoms in total. The van der Waals surface area contributed by atoms with Crippen molar-refractivity contribution in [3.05, 3.63) is 42.2 Å². The van der Waals surface area contributed by atoms with Gasteiger partial charge < -0.3 is 4.74 Å². The molecule has 0 unspecified atom stereocenters. The maximum absolute atomic E-state index is 5.64. The van der Waals surface area contributed by atoms with E-state index in [1.807, 2.05) is 30.3 Å². The first-order chi connectivity index (χ1) is 5.95. The molecule has 14 heavy (non-hydrogen) atoms. The fraction of sp³-hybridized carbons (Fsp3) is 0.273. The first-order valence-electron chi connectivity index (χ1n) is 4.37. The van der Waals surface area contributed by atoms with E-state index in [4.69, 9.17) is 4.74 Å². The van der Waals surface area contributed by atoms with Gasteiger partial charge in [0.1, 0.15) is 11.5 Å². The SMILES string of the molecule is C1=C(Oc2ccccc2)CCC1.F.F. The quantitative estimate of drug-likeness (QED) is 0.710. The van der Waals surface area contributed by atoms with E-state index in [2.05, 4.69) is 6.08 Å². The molecule has 2 rings (SSSR count). The topological polar surface area (TPSA) is 9.23 Å².